The molecule has 0 radical (unpaired) electrons. The molecule has 1 aromatic rings. The molecule has 0 aromatic heterocycles. The number of Topliss-reactive ketones (excluding diaryl/α,β-unsaturated/α-hetero) is 1. The molecule has 4 unspecified atom stereocenters. The highest BCUT2D eigenvalue weighted by Gasteiger charge is 2.53. The lowest BCUT2D eigenvalue weighted by molar-refractivity contribution is 0.0918. The number of nitrogens with two attached hydrogens (primary N) is 1. The molecule has 2 N–H and O–H groups in total. The van der Waals surface area contributed by atoms with Crippen molar-refractivity contribution < 1.29 is 4.79 Å². The maximum atomic E-state index is 12.2. The van der Waals surface area contributed by atoms with E-state index in [1.165, 1.54) is 0 Å². The first-order valence-electron chi connectivity index (χ1n) is 5.76. The minimum absolute atomic E-state index is 0.0766. The van der Waals surface area contributed by atoms with Gasteiger partial charge in [-0.25, -0.2) is 0 Å². The van der Waals surface area contributed by atoms with Crippen LogP contribution in [0.25, 0.3) is 0 Å². The van der Waals surface area contributed by atoms with E-state index < -0.39 is 0 Å². The van der Waals surface area contributed by atoms with Crippen LogP contribution < -0.4 is 5.73 Å². The van der Waals surface area contributed by atoms with Gasteiger partial charge in [-0.1, -0.05) is 12.1 Å². The second-order valence-corrected chi connectivity index (χ2v) is 4.74. The summed E-state index contributed by atoms with van der Waals surface area (Å²) in [5.74, 6) is 0.252. The van der Waals surface area contributed by atoms with Crippen molar-refractivity contribution in [1.82, 2.24) is 4.90 Å². The highest BCUT2D eigenvalue weighted by atomic mass is 16.1. The monoisotopic (exact) mass is 227 g/mol. The summed E-state index contributed by atoms with van der Waals surface area (Å²) in [4.78, 5) is 14.3. The normalized spacial score (nSPS) is 33.9. The molecule has 2 aliphatic heterocycles. The second kappa shape index (κ2) is 3.66. The molecule has 2 fully saturated rings. The van der Waals surface area contributed by atoms with Crippen LogP contribution in [-0.2, 0) is 0 Å². The number of benzene rings is 1. The lowest BCUT2D eigenvalue weighted by Crippen LogP contribution is -2.24. The molecule has 2 heterocycles. The summed E-state index contributed by atoms with van der Waals surface area (Å²) in [6.45, 7) is 0.782. The summed E-state index contributed by atoms with van der Waals surface area (Å²) in [6, 6.07) is 9.32. The van der Waals surface area contributed by atoms with Crippen LogP contribution in [0.4, 0.5) is 0 Å². The molecule has 4 heteroatoms. The van der Waals surface area contributed by atoms with Crippen molar-refractivity contribution in [2.45, 2.75) is 18.6 Å². The van der Waals surface area contributed by atoms with E-state index in [4.69, 9.17) is 11.0 Å². The molecule has 2 aliphatic rings. The van der Waals surface area contributed by atoms with Crippen molar-refractivity contribution in [2.24, 2.45) is 11.7 Å². The molecule has 0 spiro atoms. The molecule has 3 rings (SSSR count). The number of carbonyl (C=O) groups is 1. The minimum Gasteiger partial charge on any atom is -0.314 e. The molecule has 0 bridgehead atoms. The molecule has 2 saturated heterocycles. The van der Waals surface area contributed by atoms with Crippen LogP contribution in [0.3, 0.4) is 0 Å². The van der Waals surface area contributed by atoms with Crippen LogP contribution in [-0.4, -0.2) is 29.4 Å². The maximum absolute atomic E-state index is 12.2. The fourth-order valence-electron chi connectivity index (χ4n) is 2.64. The largest absolute Gasteiger partial charge is 0.314 e. The Bertz CT molecular complexity index is 490. The first kappa shape index (κ1) is 10.5. The number of ketones is 1. The van der Waals surface area contributed by atoms with Crippen LogP contribution in [0.1, 0.15) is 22.3 Å². The lowest BCUT2D eigenvalue weighted by atomic mass is 9.94. The average molecular weight is 227 g/mol. The fraction of sp³-hybridized carbons (Fsp3) is 0.385. The van der Waals surface area contributed by atoms with Crippen molar-refractivity contribution in [3.63, 3.8) is 0 Å². The zero-order valence-electron chi connectivity index (χ0n) is 9.34. The lowest BCUT2D eigenvalue weighted by Gasteiger charge is -2.11. The van der Waals surface area contributed by atoms with Crippen LogP contribution >= 0.6 is 0 Å². The van der Waals surface area contributed by atoms with Gasteiger partial charge in [0.05, 0.1) is 17.8 Å². The Hall–Kier alpha value is -1.70. The molecule has 0 amide bonds. The van der Waals surface area contributed by atoms with E-state index in [-0.39, 0.29) is 17.9 Å². The van der Waals surface area contributed by atoms with Gasteiger partial charge in [0.25, 0.3) is 0 Å². The number of rotatable bonds is 2. The zero-order chi connectivity index (χ0) is 12.0. The highest BCUT2D eigenvalue weighted by molar-refractivity contribution is 5.98. The molecule has 4 nitrogen and oxygen atoms in total. The smallest absolute Gasteiger partial charge is 0.167 e. The van der Waals surface area contributed by atoms with E-state index in [0.29, 0.717) is 17.2 Å². The number of hydrogen-bond donors (Lipinski definition) is 1. The Kier molecular flexibility index (Phi) is 2.25. The molecule has 0 saturated carbocycles. The van der Waals surface area contributed by atoms with Gasteiger partial charge in [-0.05, 0) is 18.6 Å². The molecule has 0 aliphatic carbocycles. The Labute approximate surface area is 99.6 Å². The molecule has 17 heavy (non-hydrogen) atoms. The predicted octanol–water partition coefficient (Wildman–Crippen LogP) is 0.730. The van der Waals surface area contributed by atoms with Crippen LogP contribution in [0.15, 0.2) is 24.3 Å². The van der Waals surface area contributed by atoms with Gasteiger partial charge in [0, 0.05) is 24.1 Å². The number of hydrogen-bond acceptors (Lipinski definition) is 4. The van der Waals surface area contributed by atoms with Gasteiger partial charge in [0.15, 0.2) is 5.78 Å². The van der Waals surface area contributed by atoms with Gasteiger partial charge in [-0.15, -0.1) is 0 Å². The fourth-order valence-corrected chi connectivity index (χ4v) is 2.64. The predicted molar refractivity (Wildman–Crippen MR) is 62.1 cm³/mol. The Morgan fingerprint density at radius 1 is 1.41 bits per heavy atom. The van der Waals surface area contributed by atoms with E-state index in [2.05, 4.69) is 4.90 Å². The van der Waals surface area contributed by atoms with Crippen molar-refractivity contribution in [3.05, 3.63) is 35.4 Å². The highest BCUT2D eigenvalue weighted by Crippen LogP contribution is 2.39. The SMILES string of the molecule is N#Cc1ccc(C(=O)C2CC3C(N)N3C2)cc1. The Morgan fingerprint density at radius 3 is 2.65 bits per heavy atom. The standard InChI is InChI=1S/C13H13N3O/c14-6-8-1-3-9(4-2-8)12(17)10-5-11-13(15)16(11)7-10/h1-4,10-11,13H,5,7,15H2. The number of fused-ring (bicyclic) bond motifs is 1. The molecular weight excluding hydrogens is 214 g/mol. The van der Waals surface area contributed by atoms with Gasteiger partial charge in [-0.3, -0.25) is 9.69 Å². The summed E-state index contributed by atoms with van der Waals surface area (Å²) in [7, 11) is 0. The number of piperidine rings is 1. The van der Waals surface area contributed by atoms with Crippen LogP contribution in [0, 0.1) is 17.2 Å². The van der Waals surface area contributed by atoms with Gasteiger partial charge in [0.2, 0.25) is 0 Å². The summed E-state index contributed by atoms with van der Waals surface area (Å²) in [5.41, 5.74) is 7.07. The molecule has 4 atom stereocenters. The van der Waals surface area contributed by atoms with Crippen molar-refractivity contribution in [2.75, 3.05) is 6.54 Å². The topological polar surface area (TPSA) is 69.9 Å². The summed E-state index contributed by atoms with van der Waals surface area (Å²) >= 11 is 0. The number of nitriles is 1. The minimum atomic E-state index is 0.0766. The van der Waals surface area contributed by atoms with E-state index in [1.54, 1.807) is 24.3 Å². The van der Waals surface area contributed by atoms with E-state index >= 15 is 0 Å². The first-order valence-corrected chi connectivity index (χ1v) is 5.76. The van der Waals surface area contributed by atoms with Gasteiger partial charge in [0.1, 0.15) is 0 Å². The quantitative estimate of drug-likeness (QED) is 0.597. The third kappa shape index (κ3) is 1.64. The van der Waals surface area contributed by atoms with Crippen LogP contribution in [0.2, 0.25) is 0 Å². The van der Waals surface area contributed by atoms with E-state index in [0.717, 1.165) is 13.0 Å². The Morgan fingerprint density at radius 2 is 2.12 bits per heavy atom. The van der Waals surface area contributed by atoms with E-state index in [1.807, 2.05) is 6.07 Å². The maximum Gasteiger partial charge on any atom is 0.167 e. The van der Waals surface area contributed by atoms with Crippen molar-refractivity contribution >= 4 is 5.78 Å². The molecule has 86 valence electrons. The molecular formula is C13H13N3O. The van der Waals surface area contributed by atoms with Gasteiger partial charge >= 0.3 is 0 Å². The number of carbonyl (C=O) groups excluding carboxylic acids is 1. The molecule has 1 aromatic carbocycles. The third-order valence-electron chi connectivity index (χ3n) is 3.74. The first-order chi connectivity index (χ1) is 8.20. The zero-order valence-corrected chi connectivity index (χ0v) is 9.34. The second-order valence-electron chi connectivity index (χ2n) is 4.74. The van der Waals surface area contributed by atoms with E-state index in [9.17, 15) is 4.79 Å². The summed E-state index contributed by atoms with van der Waals surface area (Å²) in [5, 5.41) is 8.69. The third-order valence-corrected chi connectivity index (χ3v) is 3.74. The number of nitrogens with zero attached hydrogens (tertiary/aromatic N) is 2. The average Bonchev–Trinajstić information content (AvgIpc) is 2.82. The Balaban J connectivity index is 1.72. The van der Waals surface area contributed by atoms with Gasteiger partial charge in [-0.2, -0.15) is 5.26 Å². The van der Waals surface area contributed by atoms with Gasteiger partial charge < -0.3 is 5.73 Å². The van der Waals surface area contributed by atoms with Crippen LogP contribution in [0.5, 0.6) is 0 Å². The van der Waals surface area contributed by atoms with Crippen molar-refractivity contribution in [3.8, 4) is 6.07 Å². The summed E-state index contributed by atoms with van der Waals surface area (Å²) in [6.07, 6.45) is 1.06. The van der Waals surface area contributed by atoms with Crippen molar-refractivity contribution in [1.29, 1.82) is 5.26 Å². The summed E-state index contributed by atoms with van der Waals surface area (Å²) < 4.78 is 0.